The molecule has 0 saturated carbocycles. The summed E-state index contributed by atoms with van der Waals surface area (Å²) >= 11 is 0. The Morgan fingerprint density at radius 2 is 1.62 bits per heavy atom. The van der Waals surface area contributed by atoms with E-state index < -0.39 is 0 Å². The third-order valence-corrected chi connectivity index (χ3v) is 7.14. The van der Waals surface area contributed by atoms with Gasteiger partial charge in [0.2, 0.25) is 6.79 Å². The van der Waals surface area contributed by atoms with Crippen molar-refractivity contribution in [2.75, 3.05) is 40.0 Å². The standard InChI is InChI=1S/C20H23NO3.C9H21N.3C2H6/c22-10-9-21-13-17(11-18(21)7-5-15-3-1-2-4-15)16-6-8-19-20(12-16)24-14-23-19;1-4-6-8-10(3)9-7-5-2;3*1-2/h1-3,6,8,10,12,17-18H,4-5,7,9,11,13-14H2;4-9H2,1-3H3;3*1-2H3. The monoisotopic (exact) mass is 558 g/mol. The topological polar surface area (TPSA) is 42.0 Å². The fraction of sp³-hybridized carbons (Fsp3) is 0.686. The van der Waals surface area contributed by atoms with Gasteiger partial charge in [-0.2, -0.15) is 0 Å². The first kappa shape index (κ1) is 37.9. The number of rotatable bonds is 12. The van der Waals surface area contributed by atoms with Crippen molar-refractivity contribution in [3.05, 3.63) is 47.6 Å². The summed E-state index contributed by atoms with van der Waals surface area (Å²) in [5.74, 6) is 2.14. The largest absolute Gasteiger partial charge is 0.454 e. The van der Waals surface area contributed by atoms with Gasteiger partial charge in [0, 0.05) is 12.6 Å². The lowest BCUT2D eigenvalue weighted by atomic mass is 9.94. The molecule has 0 bridgehead atoms. The van der Waals surface area contributed by atoms with Gasteiger partial charge in [0.1, 0.15) is 6.29 Å². The smallest absolute Gasteiger partial charge is 0.231 e. The van der Waals surface area contributed by atoms with Crippen LogP contribution in [0.25, 0.3) is 0 Å². The first-order valence-corrected chi connectivity index (χ1v) is 16.2. The number of nitrogens with zero attached hydrogens (tertiary/aromatic N) is 2. The van der Waals surface area contributed by atoms with Crippen LogP contribution in [0.3, 0.4) is 0 Å². The lowest BCUT2D eigenvalue weighted by Gasteiger charge is -2.21. The van der Waals surface area contributed by atoms with Crippen LogP contribution < -0.4 is 9.47 Å². The van der Waals surface area contributed by atoms with Crippen molar-refractivity contribution in [2.24, 2.45) is 0 Å². The second-order valence-electron chi connectivity index (χ2n) is 9.83. The van der Waals surface area contributed by atoms with Gasteiger partial charge >= 0.3 is 0 Å². The van der Waals surface area contributed by atoms with Crippen LogP contribution >= 0.6 is 0 Å². The lowest BCUT2D eigenvalue weighted by molar-refractivity contribution is -0.109. The van der Waals surface area contributed by atoms with Gasteiger partial charge in [0.05, 0.1) is 6.54 Å². The van der Waals surface area contributed by atoms with E-state index in [0.717, 1.165) is 50.0 Å². The van der Waals surface area contributed by atoms with Gasteiger partial charge in [-0.1, -0.05) is 98.1 Å². The van der Waals surface area contributed by atoms with Crippen molar-refractivity contribution >= 4 is 6.29 Å². The highest BCUT2D eigenvalue weighted by Crippen LogP contribution is 2.39. The zero-order valence-corrected chi connectivity index (χ0v) is 27.5. The molecule has 5 heteroatoms. The molecule has 0 N–H and O–H groups in total. The van der Waals surface area contributed by atoms with Crippen LogP contribution in [0.4, 0.5) is 0 Å². The minimum Gasteiger partial charge on any atom is -0.454 e. The molecule has 2 aliphatic heterocycles. The summed E-state index contributed by atoms with van der Waals surface area (Å²) in [5.41, 5.74) is 2.80. The molecule has 1 fully saturated rings. The molecule has 1 aromatic carbocycles. The zero-order chi connectivity index (χ0) is 30.2. The summed E-state index contributed by atoms with van der Waals surface area (Å²) in [6.07, 6.45) is 17.4. The maximum atomic E-state index is 11.1. The quantitative estimate of drug-likeness (QED) is 0.239. The fourth-order valence-corrected chi connectivity index (χ4v) is 5.01. The minimum absolute atomic E-state index is 0.312. The van der Waals surface area contributed by atoms with E-state index >= 15 is 0 Å². The number of allylic oxidation sites excluding steroid dienone is 4. The van der Waals surface area contributed by atoms with Gasteiger partial charge in [-0.25, -0.2) is 0 Å². The fourth-order valence-electron chi connectivity index (χ4n) is 5.01. The molecular weight excluding hydrogens is 496 g/mol. The van der Waals surface area contributed by atoms with Crippen LogP contribution in [0.1, 0.15) is 118 Å². The molecule has 0 aromatic heterocycles. The predicted molar refractivity (Wildman–Crippen MR) is 174 cm³/mol. The highest BCUT2D eigenvalue weighted by molar-refractivity contribution is 5.52. The Morgan fingerprint density at radius 1 is 0.975 bits per heavy atom. The van der Waals surface area contributed by atoms with E-state index in [4.69, 9.17) is 9.47 Å². The molecule has 230 valence electrons. The molecule has 40 heavy (non-hydrogen) atoms. The molecule has 5 nitrogen and oxygen atoms in total. The van der Waals surface area contributed by atoms with Crippen LogP contribution in [0.15, 0.2) is 42.0 Å². The number of benzene rings is 1. The van der Waals surface area contributed by atoms with Gasteiger partial charge < -0.3 is 19.2 Å². The molecule has 1 aliphatic carbocycles. The number of carbonyl (C=O) groups excluding carboxylic acids is 1. The lowest BCUT2D eigenvalue weighted by Crippen LogP contribution is -2.31. The number of hydrogen-bond donors (Lipinski definition) is 0. The van der Waals surface area contributed by atoms with E-state index in [1.807, 2.05) is 47.6 Å². The van der Waals surface area contributed by atoms with E-state index in [9.17, 15) is 4.79 Å². The Bertz CT molecular complexity index is 813. The number of carbonyl (C=O) groups is 1. The van der Waals surface area contributed by atoms with E-state index in [-0.39, 0.29) is 0 Å². The molecule has 4 rings (SSSR count). The van der Waals surface area contributed by atoms with E-state index in [2.05, 4.69) is 61.1 Å². The molecule has 1 saturated heterocycles. The molecule has 0 spiro atoms. The Balaban J connectivity index is 0.000000806. The molecule has 2 atom stereocenters. The Hall–Kier alpha value is -2.11. The Kier molecular flexibility index (Phi) is 23.4. The van der Waals surface area contributed by atoms with Gasteiger partial charge in [-0.05, 0) is 82.3 Å². The van der Waals surface area contributed by atoms with E-state index in [1.54, 1.807) is 0 Å². The number of fused-ring (bicyclic) bond motifs is 1. The van der Waals surface area contributed by atoms with Crippen LogP contribution in [0.2, 0.25) is 0 Å². The van der Waals surface area contributed by atoms with Crippen LogP contribution in [-0.2, 0) is 4.79 Å². The zero-order valence-electron chi connectivity index (χ0n) is 27.5. The minimum atomic E-state index is 0.312. The molecule has 0 amide bonds. The third kappa shape index (κ3) is 14.0. The maximum Gasteiger partial charge on any atom is 0.231 e. The van der Waals surface area contributed by atoms with Crippen LogP contribution in [0, 0.1) is 0 Å². The predicted octanol–water partition coefficient (Wildman–Crippen LogP) is 9.04. The summed E-state index contributed by atoms with van der Waals surface area (Å²) in [6, 6.07) is 6.73. The van der Waals surface area contributed by atoms with Crippen molar-refractivity contribution in [1.29, 1.82) is 0 Å². The van der Waals surface area contributed by atoms with Crippen molar-refractivity contribution in [3.63, 3.8) is 0 Å². The van der Waals surface area contributed by atoms with Gasteiger partial charge in [0.25, 0.3) is 0 Å². The number of ether oxygens (including phenoxy) is 2. The van der Waals surface area contributed by atoms with E-state index in [0.29, 0.717) is 25.3 Å². The van der Waals surface area contributed by atoms with Gasteiger partial charge in [-0.3, -0.25) is 4.90 Å². The molecule has 3 aliphatic rings. The second-order valence-corrected chi connectivity index (χ2v) is 9.83. The number of likely N-dealkylation sites (tertiary alicyclic amines) is 1. The number of hydrogen-bond acceptors (Lipinski definition) is 5. The first-order chi connectivity index (χ1) is 19.6. The molecule has 1 aromatic rings. The second kappa shape index (κ2) is 24.7. The molecule has 2 unspecified atom stereocenters. The molecule has 2 heterocycles. The molecule has 0 radical (unpaired) electrons. The summed E-state index contributed by atoms with van der Waals surface area (Å²) in [6.45, 7) is 20.8. The summed E-state index contributed by atoms with van der Waals surface area (Å²) in [4.78, 5) is 15.8. The van der Waals surface area contributed by atoms with Crippen molar-refractivity contribution < 1.29 is 14.3 Å². The van der Waals surface area contributed by atoms with E-state index in [1.165, 1.54) is 49.9 Å². The highest BCUT2D eigenvalue weighted by Gasteiger charge is 2.33. The average Bonchev–Trinajstić information content (AvgIpc) is 3.79. The molecular formula is C35H62N2O3. The summed E-state index contributed by atoms with van der Waals surface area (Å²) < 4.78 is 10.9. The number of unbranched alkanes of at least 4 members (excludes halogenated alkanes) is 2. The van der Waals surface area contributed by atoms with Gasteiger partial charge in [0.15, 0.2) is 11.5 Å². The normalized spacial score (nSPS) is 18.3. The Morgan fingerprint density at radius 3 is 2.20 bits per heavy atom. The summed E-state index contributed by atoms with van der Waals surface area (Å²) in [7, 11) is 2.21. The maximum absolute atomic E-state index is 11.1. The first-order valence-electron chi connectivity index (χ1n) is 16.2. The number of aldehydes is 1. The third-order valence-electron chi connectivity index (χ3n) is 7.14. The Labute approximate surface area is 248 Å². The van der Waals surface area contributed by atoms with Gasteiger partial charge in [-0.15, -0.1) is 0 Å². The highest BCUT2D eigenvalue weighted by atomic mass is 16.7. The van der Waals surface area contributed by atoms with Crippen LogP contribution in [-0.4, -0.2) is 62.1 Å². The summed E-state index contributed by atoms with van der Waals surface area (Å²) in [5, 5.41) is 0. The van der Waals surface area contributed by atoms with Crippen molar-refractivity contribution in [3.8, 4) is 11.5 Å². The van der Waals surface area contributed by atoms with Crippen LogP contribution in [0.5, 0.6) is 11.5 Å². The van der Waals surface area contributed by atoms with Crippen molar-refractivity contribution in [2.45, 2.75) is 119 Å². The van der Waals surface area contributed by atoms with Crippen molar-refractivity contribution in [1.82, 2.24) is 9.80 Å². The average molecular weight is 559 g/mol. The SMILES string of the molecule is CC.CC.CC.CCCCN(C)CCCC.O=CCN1CC(c2ccc3c(c2)OCO3)CC1CCC1=CC=CC1.